The molecule has 0 spiro atoms. The summed E-state index contributed by atoms with van der Waals surface area (Å²) in [5.41, 5.74) is 1.87. The average Bonchev–Trinajstić information content (AvgIpc) is 2.86. The maximum atomic E-state index is 13.4. The molecule has 0 radical (unpaired) electrons. The molecule has 0 aliphatic carbocycles. The van der Waals surface area contributed by atoms with E-state index < -0.39 is 0 Å². The van der Waals surface area contributed by atoms with Crippen molar-refractivity contribution in [1.29, 1.82) is 0 Å². The van der Waals surface area contributed by atoms with Crippen LogP contribution < -0.4 is 15.6 Å². The Labute approximate surface area is 213 Å². The maximum absolute atomic E-state index is 13.4. The molecule has 1 N–H and O–H groups in total. The van der Waals surface area contributed by atoms with Crippen molar-refractivity contribution in [3.05, 3.63) is 85.8 Å². The Morgan fingerprint density at radius 2 is 1.83 bits per heavy atom. The van der Waals surface area contributed by atoms with Gasteiger partial charge in [-0.2, -0.15) is 0 Å². The minimum atomic E-state index is -0.255. The van der Waals surface area contributed by atoms with Crippen molar-refractivity contribution in [1.82, 2.24) is 14.5 Å². The molecular weight excluding hydrogens is 487 g/mol. The smallest absolute Gasteiger partial charge is 0.261 e. The normalized spacial score (nSPS) is 13.5. The van der Waals surface area contributed by atoms with Crippen LogP contribution in [0, 0.1) is 12.3 Å². The zero-order chi connectivity index (χ0) is 24.9. The summed E-state index contributed by atoms with van der Waals surface area (Å²) in [5.74, 6) is 3.26. The summed E-state index contributed by atoms with van der Waals surface area (Å²) >= 11 is 11.9. The number of hydrogen-bond donors (Lipinski definition) is 1. The molecule has 1 aliphatic heterocycles. The quantitative estimate of drug-likeness (QED) is 0.479. The molecule has 1 atom stereocenters. The van der Waals surface area contributed by atoms with Gasteiger partial charge in [0.1, 0.15) is 5.75 Å². The molecule has 180 valence electrons. The van der Waals surface area contributed by atoms with E-state index in [9.17, 15) is 9.59 Å². The van der Waals surface area contributed by atoms with Crippen LogP contribution >= 0.6 is 23.2 Å². The van der Waals surface area contributed by atoms with Crippen LogP contribution in [-0.4, -0.2) is 33.5 Å². The zero-order valence-electron chi connectivity index (χ0n) is 19.1. The van der Waals surface area contributed by atoms with E-state index in [2.05, 4.69) is 11.2 Å². The lowest BCUT2D eigenvalue weighted by Gasteiger charge is -2.29. The van der Waals surface area contributed by atoms with Gasteiger partial charge in [0, 0.05) is 23.0 Å². The minimum absolute atomic E-state index is 0.0579. The highest BCUT2D eigenvalue weighted by Crippen LogP contribution is 2.22. The fourth-order valence-electron chi connectivity index (χ4n) is 3.87. The Morgan fingerprint density at radius 3 is 2.49 bits per heavy atom. The largest absolute Gasteiger partial charge is 0.484 e. The Kier molecular flexibility index (Phi) is 7.64. The number of nitrogens with zero attached hydrogens (tertiary/aromatic N) is 3. The number of anilines is 1. The highest BCUT2D eigenvalue weighted by molar-refractivity contribution is 6.30. The van der Waals surface area contributed by atoms with E-state index in [1.54, 1.807) is 29.2 Å². The van der Waals surface area contributed by atoms with Crippen LogP contribution in [0.2, 0.25) is 10.0 Å². The van der Waals surface area contributed by atoms with Crippen LogP contribution in [0.5, 0.6) is 5.75 Å². The first kappa shape index (κ1) is 24.6. The van der Waals surface area contributed by atoms with E-state index in [0.29, 0.717) is 46.0 Å². The number of rotatable bonds is 7. The van der Waals surface area contributed by atoms with Gasteiger partial charge in [0.15, 0.2) is 6.61 Å². The van der Waals surface area contributed by atoms with Crippen molar-refractivity contribution in [2.24, 2.45) is 0 Å². The molecule has 0 unspecified atom stereocenters. The lowest BCUT2D eigenvalue weighted by molar-refractivity contribution is -0.134. The number of carbonyl (C=O) groups excluding carboxylic acids is 1. The first-order chi connectivity index (χ1) is 16.9. The highest BCUT2D eigenvalue weighted by Gasteiger charge is 2.27. The summed E-state index contributed by atoms with van der Waals surface area (Å²) < 4.78 is 7.01. The van der Waals surface area contributed by atoms with Crippen LogP contribution in [0.15, 0.2) is 53.3 Å². The monoisotopic (exact) mass is 510 g/mol. The molecule has 0 fully saturated rings. The summed E-state index contributed by atoms with van der Waals surface area (Å²) in [4.78, 5) is 32.4. The second-order valence-electron chi connectivity index (χ2n) is 8.18. The van der Waals surface area contributed by atoms with Gasteiger partial charge < -0.3 is 15.0 Å². The molecule has 4 rings (SSSR count). The minimum Gasteiger partial charge on any atom is -0.484 e. The van der Waals surface area contributed by atoms with Crippen molar-refractivity contribution in [2.75, 3.05) is 18.5 Å². The molecule has 0 saturated heterocycles. The average molecular weight is 511 g/mol. The lowest BCUT2D eigenvalue weighted by atomic mass is 10.1. The SMILES string of the molecule is C#CCn1c(N[C@@H](C)c2ccc(Cl)cc2)nc2c(c1=O)CN(C(=O)COc1ccc(Cl)cc1)CC2. The van der Waals surface area contributed by atoms with Crippen molar-refractivity contribution in [2.45, 2.75) is 32.5 Å². The van der Waals surface area contributed by atoms with Crippen LogP contribution in [0.1, 0.15) is 29.8 Å². The van der Waals surface area contributed by atoms with Crippen molar-refractivity contribution < 1.29 is 9.53 Å². The Bertz CT molecular complexity index is 1310. The number of carbonyl (C=O) groups is 1. The summed E-state index contributed by atoms with van der Waals surface area (Å²) in [6, 6.07) is 14.1. The molecule has 1 aliphatic rings. The Balaban J connectivity index is 1.51. The standard InChI is InChI=1S/C26H24Cl2N4O3/c1-3-13-32-25(34)22-15-31(24(33)16-35-21-10-8-20(28)9-11-21)14-12-23(22)30-26(32)29-17(2)18-4-6-19(27)7-5-18/h1,4-11,17H,12-16H2,2H3,(H,29,30)/t17-/m0/s1. The predicted molar refractivity (Wildman–Crippen MR) is 137 cm³/mol. The summed E-state index contributed by atoms with van der Waals surface area (Å²) in [5, 5.41) is 4.54. The molecule has 0 bridgehead atoms. The molecule has 1 amide bonds. The molecule has 2 aromatic carbocycles. The number of aromatic nitrogens is 2. The maximum Gasteiger partial charge on any atom is 0.261 e. The van der Waals surface area contributed by atoms with E-state index in [0.717, 1.165) is 5.56 Å². The van der Waals surface area contributed by atoms with Crippen LogP contribution in [-0.2, 0) is 24.3 Å². The number of nitrogens with one attached hydrogen (secondary N) is 1. The lowest BCUT2D eigenvalue weighted by Crippen LogP contribution is -2.43. The van der Waals surface area contributed by atoms with Gasteiger partial charge in [0.05, 0.1) is 30.4 Å². The van der Waals surface area contributed by atoms with Crippen LogP contribution in [0.3, 0.4) is 0 Å². The zero-order valence-corrected chi connectivity index (χ0v) is 20.6. The molecule has 9 heteroatoms. The van der Waals surface area contributed by atoms with Crippen molar-refractivity contribution in [3.63, 3.8) is 0 Å². The first-order valence-corrected chi connectivity index (χ1v) is 11.9. The van der Waals surface area contributed by atoms with Gasteiger partial charge in [-0.15, -0.1) is 6.42 Å². The van der Waals surface area contributed by atoms with E-state index in [1.165, 1.54) is 4.57 Å². The van der Waals surface area contributed by atoms with Crippen LogP contribution in [0.4, 0.5) is 5.95 Å². The van der Waals surface area contributed by atoms with E-state index in [4.69, 9.17) is 39.3 Å². The third-order valence-electron chi connectivity index (χ3n) is 5.81. The number of fused-ring (bicyclic) bond motifs is 1. The predicted octanol–water partition coefficient (Wildman–Crippen LogP) is 4.32. The van der Waals surface area contributed by atoms with Crippen LogP contribution in [0.25, 0.3) is 0 Å². The number of terminal acetylenes is 1. The summed E-state index contributed by atoms with van der Waals surface area (Å²) in [6.45, 7) is 2.48. The molecular formula is C26H24Cl2N4O3. The van der Waals surface area contributed by atoms with Gasteiger partial charge in [-0.1, -0.05) is 41.3 Å². The summed E-state index contributed by atoms with van der Waals surface area (Å²) in [6.07, 6.45) is 6.00. The number of hydrogen-bond acceptors (Lipinski definition) is 5. The molecule has 0 saturated carbocycles. The van der Waals surface area contributed by atoms with Gasteiger partial charge in [-0.05, 0) is 48.9 Å². The summed E-state index contributed by atoms with van der Waals surface area (Å²) in [7, 11) is 0. The highest BCUT2D eigenvalue weighted by atomic mass is 35.5. The second kappa shape index (κ2) is 10.9. The van der Waals surface area contributed by atoms with Gasteiger partial charge in [0.25, 0.3) is 11.5 Å². The molecule has 35 heavy (non-hydrogen) atoms. The molecule has 3 aromatic rings. The van der Waals surface area contributed by atoms with Crippen molar-refractivity contribution >= 4 is 35.1 Å². The number of amides is 1. The number of ether oxygens (including phenoxy) is 1. The van der Waals surface area contributed by atoms with E-state index in [1.807, 2.05) is 31.2 Å². The van der Waals surface area contributed by atoms with Gasteiger partial charge >= 0.3 is 0 Å². The topological polar surface area (TPSA) is 76.5 Å². The third-order valence-corrected chi connectivity index (χ3v) is 6.31. The number of halogens is 2. The molecule has 7 nitrogen and oxygen atoms in total. The number of benzene rings is 2. The fourth-order valence-corrected chi connectivity index (χ4v) is 4.12. The first-order valence-electron chi connectivity index (χ1n) is 11.1. The van der Waals surface area contributed by atoms with Gasteiger partial charge in [-0.25, -0.2) is 4.98 Å². The molecule has 2 heterocycles. The Hall–Kier alpha value is -3.47. The van der Waals surface area contributed by atoms with Gasteiger partial charge in [-0.3, -0.25) is 14.2 Å². The third kappa shape index (κ3) is 5.79. The molecule has 1 aromatic heterocycles. The van der Waals surface area contributed by atoms with Crippen molar-refractivity contribution in [3.8, 4) is 18.1 Å². The fraction of sp³-hybridized carbons (Fsp3) is 0.269. The second-order valence-corrected chi connectivity index (χ2v) is 9.05. The van der Waals surface area contributed by atoms with Gasteiger partial charge in [0.2, 0.25) is 5.95 Å². The Morgan fingerprint density at radius 1 is 1.17 bits per heavy atom. The van der Waals surface area contributed by atoms with E-state index >= 15 is 0 Å². The van der Waals surface area contributed by atoms with E-state index in [-0.39, 0.29) is 37.2 Å².